The standard InChI is InChI=1S/C18H15BrN2O3/c1-24-18(23)12-8-16-13(7-14(12)19)15(9-17(22)21-16)20-10-11-5-3-2-4-6-11/h2-9H,10H2,1H3,(H2,20,21,22). The van der Waals surface area contributed by atoms with Crippen LogP contribution in [0.15, 0.2) is 57.8 Å². The summed E-state index contributed by atoms with van der Waals surface area (Å²) in [6, 6.07) is 14.8. The van der Waals surface area contributed by atoms with Crippen LogP contribution >= 0.6 is 15.9 Å². The molecule has 0 atom stereocenters. The van der Waals surface area contributed by atoms with E-state index >= 15 is 0 Å². The second-order valence-corrected chi connectivity index (χ2v) is 6.11. The van der Waals surface area contributed by atoms with E-state index in [1.54, 1.807) is 12.1 Å². The number of carbonyl (C=O) groups excluding carboxylic acids is 1. The van der Waals surface area contributed by atoms with Gasteiger partial charge in [0.25, 0.3) is 0 Å². The monoisotopic (exact) mass is 386 g/mol. The maximum Gasteiger partial charge on any atom is 0.339 e. The number of rotatable bonds is 4. The van der Waals surface area contributed by atoms with Gasteiger partial charge in [-0.3, -0.25) is 4.79 Å². The number of ether oxygens (including phenoxy) is 1. The van der Waals surface area contributed by atoms with E-state index in [1.807, 2.05) is 30.3 Å². The molecule has 0 radical (unpaired) electrons. The number of pyridine rings is 1. The summed E-state index contributed by atoms with van der Waals surface area (Å²) >= 11 is 3.39. The van der Waals surface area contributed by atoms with E-state index in [1.165, 1.54) is 13.2 Å². The third-order valence-corrected chi connectivity index (χ3v) is 4.32. The van der Waals surface area contributed by atoms with Crippen LogP contribution in [0.25, 0.3) is 10.9 Å². The van der Waals surface area contributed by atoms with Crippen molar-refractivity contribution >= 4 is 38.5 Å². The van der Waals surface area contributed by atoms with Gasteiger partial charge in [0, 0.05) is 28.2 Å². The maximum atomic E-state index is 11.9. The molecule has 0 aliphatic rings. The second-order valence-electron chi connectivity index (χ2n) is 5.26. The van der Waals surface area contributed by atoms with Crippen molar-refractivity contribution in [3.05, 3.63) is 74.5 Å². The van der Waals surface area contributed by atoms with E-state index in [0.29, 0.717) is 27.8 Å². The highest BCUT2D eigenvalue weighted by molar-refractivity contribution is 9.10. The topological polar surface area (TPSA) is 71.2 Å². The van der Waals surface area contributed by atoms with Crippen molar-refractivity contribution in [3.8, 4) is 0 Å². The zero-order valence-corrected chi connectivity index (χ0v) is 14.5. The smallest absolute Gasteiger partial charge is 0.339 e. The van der Waals surface area contributed by atoms with Gasteiger partial charge in [0.15, 0.2) is 0 Å². The summed E-state index contributed by atoms with van der Waals surface area (Å²) in [6.07, 6.45) is 0. The Bertz CT molecular complexity index is 952. The predicted molar refractivity (Wildman–Crippen MR) is 97.4 cm³/mol. The second kappa shape index (κ2) is 6.88. The first-order valence-electron chi connectivity index (χ1n) is 7.31. The van der Waals surface area contributed by atoms with Gasteiger partial charge < -0.3 is 15.0 Å². The summed E-state index contributed by atoms with van der Waals surface area (Å²) < 4.78 is 5.36. The third kappa shape index (κ3) is 3.33. The highest BCUT2D eigenvalue weighted by atomic mass is 79.9. The average molecular weight is 387 g/mol. The SMILES string of the molecule is COC(=O)c1cc2[nH]c(=O)cc(NCc3ccccc3)c2cc1Br. The number of methoxy groups -OCH3 is 1. The van der Waals surface area contributed by atoms with Gasteiger partial charge >= 0.3 is 5.97 Å². The van der Waals surface area contributed by atoms with Gasteiger partial charge in [0.05, 0.1) is 18.2 Å². The first-order valence-corrected chi connectivity index (χ1v) is 8.10. The minimum atomic E-state index is -0.465. The molecule has 2 N–H and O–H groups in total. The molecular weight excluding hydrogens is 372 g/mol. The molecule has 2 aromatic carbocycles. The summed E-state index contributed by atoms with van der Waals surface area (Å²) in [5.74, 6) is -0.465. The molecule has 24 heavy (non-hydrogen) atoms. The van der Waals surface area contributed by atoms with E-state index in [-0.39, 0.29) is 5.56 Å². The molecule has 0 spiro atoms. The molecule has 0 fully saturated rings. The van der Waals surface area contributed by atoms with Gasteiger partial charge in [-0.2, -0.15) is 0 Å². The highest BCUT2D eigenvalue weighted by Gasteiger charge is 2.14. The van der Waals surface area contributed by atoms with Crippen molar-refractivity contribution in [1.29, 1.82) is 0 Å². The molecule has 0 aliphatic heterocycles. The number of aromatic nitrogens is 1. The largest absolute Gasteiger partial charge is 0.465 e. The lowest BCUT2D eigenvalue weighted by Crippen LogP contribution is -2.10. The third-order valence-electron chi connectivity index (χ3n) is 3.66. The molecule has 6 heteroatoms. The molecule has 0 saturated heterocycles. The number of fused-ring (bicyclic) bond motifs is 1. The summed E-state index contributed by atoms with van der Waals surface area (Å²) in [5, 5.41) is 4.09. The van der Waals surface area contributed by atoms with Crippen molar-refractivity contribution < 1.29 is 9.53 Å². The lowest BCUT2D eigenvalue weighted by Gasteiger charge is -2.11. The van der Waals surface area contributed by atoms with Gasteiger partial charge in [0.1, 0.15) is 0 Å². The number of hydrogen-bond acceptors (Lipinski definition) is 4. The quantitative estimate of drug-likeness (QED) is 0.670. The van der Waals surface area contributed by atoms with E-state index in [4.69, 9.17) is 4.74 Å². The number of esters is 1. The van der Waals surface area contributed by atoms with Gasteiger partial charge in [-0.1, -0.05) is 30.3 Å². The molecule has 0 unspecified atom stereocenters. The van der Waals surface area contributed by atoms with Crippen molar-refractivity contribution in [2.45, 2.75) is 6.54 Å². The maximum absolute atomic E-state index is 11.9. The minimum Gasteiger partial charge on any atom is -0.465 e. The van der Waals surface area contributed by atoms with Crippen LogP contribution in [-0.2, 0) is 11.3 Å². The highest BCUT2D eigenvalue weighted by Crippen LogP contribution is 2.28. The number of nitrogens with one attached hydrogen (secondary N) is 2. The van der Waals surface area contributed by atoms with Gasteiger partial charge in [-0.25, -0.2) is 4.79 Å². The van der Waals surface area contributed by atoms with Crippen LogP contribution in [0.4, 0.5) is 5.69 Å². The van der Waals surface area contributed by atoms with E-state index in [9.17, 15) is 9.59 Å². The number of anilines is 1. The van der Waals surface area contributed by atoms with E-state index in [0.717, 1.165) is 10.9 Å². The van der Waals surface area contributed by atoms with Crippen molar-refractivity contribution in [2.75, 3.05) is 12.4 Å². The number of carbonyl (C=O) groups is 1. The van der Waals surface area contributed by atoms with E-state index in [2.05, 4.69) is 26.2 Å². The summed E-state index contributed by atoms with van der Waals surface area (Å²) in [7, 11) is 1.32. The molecule has 3 rings (SSSR count). The Labute approximate surface area is 146 Å². The van der Waals surface area contributed by atoms with Gasteiger partial charge in [0.2, 0.25) is 5.56 Å². The fourth-order valence-corrected chi connectivity index (χ4v) is 2.99. The Hall–Kier alpha value is -2.60. The van der Waals surface area contributed by atoms with Crippen LogP contribution in [0.5, 0.6) is 0 Å². The summed E-state index contributed by atoms with van der Waals surface area (Å²) in [4.78, 5) is 26.5. The van der Waals surface area contributed by atoms with Crippen LogP contribution < -0.4 is 10.9 Å². The number of H-pyrrole nitrogens is 1. The Morgan fingerprint density at radius 1 is 1.21 bits per heavy atom. The molecule has 0 saturated carbocycles. The first kappa shape index (κ1) is 16.3. The molecule has 3 aromatic rings. The Kier molecular flexibility index (Phi) is 4.66. The first-order chi connectivity index (χ1) is 11.6. The zero-order chi connectivity index (χ0) is 17.1. The van der Waals surface area contributed by atoms with Gasteiger partial charge in [-0.05, 0) is 33.6 Å². The molecule has 1 heterocycles. The minimum absolute atomic E-state index is 0.240. The van der Waals surface area contributed by atoms with Crippen LogP contribution in [0.2, 0.25) is 0 Å². The van der Waals surface area contributed by atoms with E-state index < -0.39 is 5.97 Å². The molecular formula is C18H15BrN2O3. The van der Waals surface area contributed by atoms with Gasteiger partial charge in [-0.15, -0.1) is 0 Å². The normalized spacial score (nSPS) is 10.6. The van der Waals surface area contributed by atoms with Crippen LogP contribution in [-0.4, -0.2) is 18.1 Å². The van der Waals surface area contributed by atoms with Crippen molar-refractivity contribution in [2.24, 2.45) is 0 Å². The number of halogens is 1. The Morgan fingerprint density at radius 3 is 2.67 bits per heavy atom. The van der Waals surface area contributed by atoms with Crippen LogP contribution in [0, 0.1) is 0 Å². The molecule has 0 aliphatic carbocycles. The van der Waals surface area contributed by atoms with Crippen molar-refractivity contribution in [1.82, 2.24) is 4.98 Å². The summed E-state index contributed by atoms with van der Waals surface area (Å²) in [6.45, 7) is 0.593. The molecule has 0 bridgehead atoms. The molecule has 5 nitrogen and oxygen atoms in total. The molecule has 122 valence electrons. The Balaban J connectivity index is 2.03. The lowest BCUT2D eigenvalue weighted by atomic mass is 10.1. The van der Waals surface area contributed by atoms with Crippen LogP contribution in [0.1, 0.15) is 15.9 Å². The fourth-order valence-electron chi connectivity index (χ4n) is 2.48. The number of benzene rings is 2. The number of hydrogen-bond donors (Lipinski definition) is 2. The lowest BCUT2D eigenvalue weighted by molar-refractivity contribution is 0.0600. The van der Waals surface area contributed by atoms with Crippen molar-refractivity contribution in [3.63, 3.8) is 0 Å². The molecule has 1 aromatic heterocycles. The number of aromatic amines is 1. The molecule has 0 amide bonds. The van der Waals surface area contributed by atoms with Crippen LogP contribution in [0.3, 0.4) is 0 Å². The summed E-state index contributed by atoms with van der Waals surface area (Å²) in [5.41, 5.74) is 2.50. The Morgan fingerprint density at radius 2 is 1.96 bits per heavy atom. The fraction of sp³-hybridized carbons (Fsp3) is 0.111. The predicted octanol–water partition coefficient (Wildman–Crippen LogP) is 3.69. The average Bonchev–Trinajstić information content (AvgIpc) is 2.60. The zero-order valence-electron chi connectivity index (χ0n) is 12.9.